The van der Waals surface area contributed by atoms with Gasteiger partial charge in [0.15, 0.2) is 5.82 Å². The highest BCUT2D eigenvalue weighted by Crippen LogP contribution is 2.42. The number of hydrogen-bond donors (Lipinski definition) is 0. The summed E-state index contributed by atoms with van der Waals surface area (Å²) in [5, 5.41) is 5.11. The van der Waals surface area contributed by atoms with Gasteiger partial charge in [-0.25, -0.2) is 9.97 Å². The number of benzene rings is 8. The number of rotatable bonds is 7. The summed E-state index contributed by atoms with van der Waals surface area (Å²) in [5.41, 5.74) is 13.6. The van der Waals surface area contributed by atoms with Gasteiger partial charge in [-0.1, -0.05) is 127 Å². The van der Waals surface area contributed by atoms with Gasteiger partial charge in [0, 0.05) is 75.0 Å². The van der Waals surface area contributed by atoms with Crippen LogP contribution in [-0.2, 0) is 0 Å². The Hall–Kier alpha value is -7.57. The van der Waals surface area contributed by atoms with Gasteiger partial charge >= 0.3 is 0 Å². The van der Waals surface area contributed by atoms with Gasteiger partial charge in [0.25, 0.3) is 0 Å². The van der Waals surface area contributed by atoms with Crippen LogP contribution >= 0.6 is 22.7 Å². The van der Waals surface area contributed by atoms with E-state index in [1.54, 1.807) is 0 Å². The second kappa shape index (κ2) is 15.2. The molecule has 4 aromatic heterocycles. The molecule has 4 heterocycles. The van der Waals surface area contributed by atoms with Crippen LogP contribution in [0.1, 0.15) is 0 Å². The molecular weight excluding hydrogens is 791 g/mol. The summed E-state index contributed by atoms with van der Waals surface area (Å²) in [6, 6.07) is 72.0. The first-order valence-corrected chi connectivity index (χ1v) is 22.4. The third-order valence-corrected chi connectivity index (χ3v) is 14.1. The zero-order valence-corrected chi connectivity index (χ0v) is 35.0. The molecule has 62 heavy (non-hydrogen) atoms. The average Bonchev–Trinajstić information content (AvgIpc) is 3.92. The molecule has 0 bridgehead atoms. The van der Waals surface area contributed by atoms with Gasteiger partial charge in [-0.15, -0.1) is 22.7 Å². The van der Waals surface area contributed by atoms with Gasteiger partial charge in [0.1, 0.15) is 0 Å². The molecule has 3 nitrogen and oxygen atoms in total. The molecule has 0 aliphatic rings. The minimum Gasteiger partial charge on any atom is -0.264 e. The molecule has 0 atom stereocenters. The van der Waals surface area contributed by atoms with E-state index in [1.807, 2.05) is 41.1 Å². The van der Waals surface area contributed by atoms with E-state index in [0.717, 1.165) is 72.6 Å². The molecule has 0 unspecified atom stereocenters. The second-order valence-corrected chi connectivity index (χ2v) is 17.8. The Morgan fingerprint density at radius 3 is 1.48 bits per heavy atom. The molecule has 0 radical (unpaired) electrons. The lowest BCUT2D eigenvalue weighted by Gasteiger charge is -2.15. The standard InChI is InChI=1S/C57H35N3S2/c1-2-12-36(13-3-1)37-14-10-15-40(28-37)51-34-52(46-18-5-4-17-45(46)41-16-11-27-58-35-41)60-57(59-51)44-30-42(38-23-25-55-49(32-38)47-19-6-8-21-53(47)61-55)29-43(31-44)39-24-26-56-50(33-39)48-20-7-9-22-54(48)62-56/h1-35H. The number of nitrogens with zero attached hydrogens (tertiary/aromatic N) is 3. The number of thiophene rings is 2. The van der Waals surface area contributed by atoms with E-state index in [4.69, 9.17) is 9.97 Å². The van der Waals surface area contributed by atoms with Gasteiger partial charge in [0.05, 0.1) is 11.4 Å². The Bertz CT molecular complexity index is 3510. The van der Waals surface area contributed by atoms with E-state index >= 15 is 0 Å². The first kappa shape index (κ1) is 36.3. The maximum absolute atomic E-state index is 5.47. The molecule has 8 aromatic carbocycles. The smallest absolute Gasteiger partial charge is 0.160 e. The van der Waals surface area contributed by atoms with E-state index in [9.17, 15) is 0 Å². The highest BCUT2D eigenvalue weighted by atomic mass is 32.1. The van der Waals surface area contributed by atoms with Crippen LogP contribution in [0.4, 0.5) is 0 Å². The van der Waals surface area contributed by atoms with Crippen molar-refractivity contribution in [3.05, 3.63) is 213 Å². The lowest BCUT2D eigenvalue weighted by atomic mass is 9.94. The Balaban J connectivity index is 1.10. The highest BCUT2D eigenvalue weighted by molar-refractivity contribution is 7.26. The van der Waals surface area contributed by atoms with Gasteiger partial charge in [-0.3, -0.25) is 4.98 Å². The first-order valence-electron chi connectivity index (χ1n) is 20.7. The van der Waals surface area contributed by atoms with Gasteiger partial charge < -0.3 is 0 Å². The van der Waals surface area contributed by atoms with Crippen LogP contribution in [0.2, 0.25) is 0 Å². The SMILES string of the molecule is c1ccc(-c2cccc(-c3cc(-c4ccccc4-c4cccnc4)nc(-c4cc(-c5ccc6sc7ccccc7c6c5)cc(-c5ccc6sc7ccccc7c6c5)c4)n3)c2)cc1. The van der Waals surface area contributed by atoms with Crippen molar-refractivity contribution in [1.82, 2.24) is 15.0 Å². The van der Waals surface area contributed by atoms with Crippen LogP contribution in [-0.4, -0.2) is 15.0 Å². The predicted octanol–water partition coefficient (Wildman–Crippen LogP) is 16.3. The van der Waals surface area contributed by atoms with Crippen molar-refractivity contribution in [3.8, 4) is 78.4 Å². The van der Waals surface area contributed by atoms with Crippen LogP contribution in [0.25, 0.3) is 119 Å². The minimum atomic E-state index is 0.663. The first-order chi connectivity index (χ1) is 30.7. The third-order valence-electron chi connectivity index (χ3n) is 11.8. The Kier molecular flexibility index (Phi) is 8.87. The topological polar surface area (TPSA) is 38.7 Å². The number of pyridine rings is 1. The van der Waals surface area contributed by atoms with Crippen molar-refractivity contribution in [2.45, 2.75) is 0 Å². The Morgan fingerprint density at radius 1 is 0.290 bits per heavy atom. The maximum Gasteiger partial charge on any atom is 0.160 e. The minimum absolute atomic E-state index is 0.663. The lowest BCUT2D eigenvalue weighted by molar-refractivity contribution is 1.18. The molecule has 290 valence electrons. The molecule has 5 heteroatoms. The summed E-state index contributed by atoms with van der Waals surface area (Å²) < 4.78 is 5.16. The van der Waals surface area contributed by atoms with Crippen molar-refractivity contribution in [2.24, 2.45) is 0 Å². The largest absolute Gasteiger partial charge is 0.264 e. The van der Waals surface area contributed by atoms with Crippen molar-refractivity contribution >= 4 is 63.0 Å². The number of aromatic nitrogens is 3. The average molecular weight is 826 g/mol. The van der Waals surface area contributed by atoms with Crippen molar-refractivity contribution in [3.63, 3.8) is 0 Å². The second-order valence-electron chi connectivity index (χ2n) is 15.6. The molecule has 12 aromatic rings. The summed E-state index contributed by atoms with van der Waals surface area (Å²) in [6.45, 7) is 0. The zero-order chi connectivity index (χ0) is 41.0. The van der Waals surface area contributed by atoms with E-state index in [-0.39, 0.29) is 0 Å². The highest BCUT2D eigenvalue weighted by Gasteiger charge is 2.18. The lowest BCUT2D eigenvalue weighted by Crippen LogP contribution is -1.98. The molecule has 0 amide bonds. The monoisotopic (exact) mass is 825 g/mol. The van der Waals surface area contributed by atoms with Crippen LogP contribution in [0, 0.1) is 0 Å². The van der Waals surface area contributed by atoms with Crippen LogP contribution in [0.5, 0.6) is 0 Å². The van der Waals surface area contributed by atoms with Crippen molar-refractivity contribution in [1.29, 1.82) is 0 Å². The summed E-state index contributed by atoms with van der Waals surface area (Å²) in [6.07, 6.45) is 3.73. The Morgan fingerprint density at radius 2 is 0.806 bits per heavy atom. The fraction of sp³-hybridized carbons (Fsp3) is 0. The fourth-order valence-electron chi connectivity index (χ4n) is 8.73. The van der Waals surface area contributed by atoms with Gasteiger partial charge in [-0.2, -0.15) is 0 Å². The van der Waals surface area contributed by atoms with Gasteiger partial charge in [0.2, 0.25) is 0 Å². The van der Waals surface area contributed by atoms with Gasteiger partial charge in [-0.05, 0) is 112 Å². The van der Waals surface area contributed by atoms with Crippen molar-refractivity contribution < 1.29 is 0 Å². The van der Waals surface area contributed by atoms with E-state index in [2.05, 4.69) is 199 Å². The van der Waals surface area contributed by atoms with E-state index in [1.165, 1.54) is 40.3 Å². The predicted molar refractivity (Wildman–Crippen MR) is 264 cm³/mol. The maximum atomic E-state index is 5.47. The molecule has 12 rings (SSSR count). The molecule has 0 saturated carbocycles. The van der Waals surface area contributed by atoms with Crippen LogP contribution in [0.15, 0.2) is 213 Å². The van der Waals surface area contributed by atoms with Crippen molar-refractivity contribution in [2.75, 3.05) is 0 Å². The normalized spacial score (nSPS) is 11.5. The number of fused-ring (bicyclic) bond motifs is 6. The van der Waals surface area contributed by atoms with Crippen LogP contribution < -0.4 is 0 Å². The molecule has 0 saturated heterocycles. The molecule has 0 aliphatic heterocycles. The van der Waals surface area contributed by atoms with Crippen LogP contribution in [0.3, 0.4) is 0 Å². The zero-order valence-electron chi connectivity index (χ0n) is 33.4. The summed E-state index contributed by atoms with van der Waals surface area (Å²) in [5.74, 6) is 0.663. The van der Waals surface area contributed by atoms with E-state index in [0.29, 0.717) is 5.82 Å². The molecular formula is C57H35N3S2. The fourth-order valence-corrected chi connectivity index (χ4v) is 10.9. The number of hydrogen-bond acceptors (Lipinski definition) is 5. The molecule has 0 N–H and O–H groups in total. The molecule has 0 fully saturated rings. The quantitative estimate of drug-likeness (QED) is 0.161. The summed E-state index contributed by atoms with van der Waals surface area (Å²) in [7, 11) is 0. The molecule has 0 spiro atoms. The Labute approximate surface area is 366 Å². The third kappa shape index (κ3) is 6.56. The summed E-state index contributed by atoms with van der Waals surface area (Å²) in [4.78, 5) is 15.4. The van der Waals surface area contributed by atoms with E-state index < -0.39 is 0 Å². The molecule has 0 aliphatic carbocycles. The summed E-state index contributed by atoms with van der Waals surface area (Å²) >= 11 is 3.69.